The summed E-state index contributed by atoms with van der Waals surface area (Å²) in [6, 6.07) is 7.25. The second kappa shape index (κ2) is 8.73. The predicted molar refractivity (Wildman–Crippen MR) is 100 cm³/mol. The van der Waals surface area contributed by atoms with Gasteiger partial charge in [-0.25, -0.2) is 4.79 Å². The second-order valence-electron chi connectivity index (χ2n) is 6.55. The second-order valence-corrected chi connectivity index (χ2v) is 6.99. The summed E-state index contributed by atoms with van der Waals surface area (Å²) in [5, 5.41) is 6.73. The van der Waals surface area contributed by atoms with Gasteiger partial charge >= 0.3 is 12.2 Å². The number of hydrogen-bond acceptors (Lipinski definition) is 3. The number of anilines is 1. The number of hydrogen-bond donors (Lipinski definition) is 1. The summed E-state index contributed by atoms with van der Waals surface area (Å²) >= 11 is 5.82. The van der Waals surface area contributed by atoms with Gasteiger partial charge in [-0.1, -0.05) is 11.6 Å². The van der Waals surface area contributed by atoms with E-state index in [0.717, 1.165) is 16.9 Å². The first-order valence-corrected chi connectivity index (χ1v) is 9.30. The van der Waals surface area contributed by atoms with Crippen LogP contribution in [0.4, 0.5) is 23.7 Å². The van der Waals surface area contributed by atoms with E-state index < -0.39 is 11.9 Å². The molecule has 1 aliphatic heterocycles. The van der Waals surface area contributed by atoms with Crippen LogP contribution in [-0.4, -0.2) is 57.7 Å². The average Bonchev–Trinajstić information content (AvgIpc) is 2.99. The summed E-state index contributed by atoms with van der Waals surface area (Å²) in [5.74, 6) is -0.346. The maximum Gasteiger partial charge on any atom is 0.435 e. The van der Waals surface area contributed by atoms with Crippen molar-refractivity contribution in [3.05, 3.63) is 47.2 Å². The molecule has 3 rings (SSSR count). The van der Waals surface area contributed by atoms with Gasteiger partial charge in [0.25, 0.3) is 0 Å². The Kier molecular flexibility index (Phi) is 6.31. The highest BCUT2D eigenvalue weighted by Gasteiger charge is 2.33. The van der Waals surface area contributed by atoms with E-state index in [-0.39, 0.29) is 18.5 Å². The Bertz CT molecular complexity index is 869. The minimum Gasteiger partial charge on any atom is -0.339 e. The van der Waals surface area contributed by atoms with Crippen molar-refractivity contribution in [3.63, 3.8) is 0 Å². The molecule has 11 heteroatoms. The van der Waals surface area contributed by atoms with Crippen molar-refractivity contribution >= 4 is 29.2 Å². The quantitative estimate of drug-likeness (QED) is 0.813. The number of urea groups is 1. The highest BCUT2D eigenvalue weighted by Crippen LogP contribution is 2.27. The largest absolute Gasteiger partial charge is 0.435 e. The molecule has 0 unspecified atom stereocenters. The van der Waals surface area contributed by atoms with Crippen molar-refractivity contribution in [2.75, 3.05) is 31.5 Å². The standard InChI is InChI=1S/C18H19ClF3N5O2/c19-13-2-4-14(5-3-13)23-17(29)26-8-1-7-25(10-11-26)16(28)12-27-9-6-15(24-27)18(20,21)22/h2-6,9H,1,7-8,10-12H2,(H,23,29). The monoisotopic (exact) mass is 429 g/mol. The Morgan fingerprint density at radius 3 is 2.34 bits per heavy atom. The fourth-order valence-corrected chi connectivity index (χ4v) is 3.07. The van der Waals surface area contributed by atoms with Crippen LogP contribution in [0.1, 0.15) is 12.1 Å². The van der Waals surface area contributed by atoms with Crippen LogP contribution < -0.4 is 5.32 Å². The van der Waals surface area contributed by atoms with Gasteiger partial charge in [0.15, 0.2) is 5.69 Å². The summed E-state index contributed by atoms with van der Waals surface area (Å²) in [5.41, 5.74) is -0.429. The SMILES string of the molecule is O=C(Cn1ccc(C(F)(F)F)n1)N1CCCN(C(=O)Nc2ccc(Cl)cc2)CC1. The van der Waals surface area contributed by atoms with Crippen molar-refractivity contribution in [1.82, 2.24) is 19.6 Å². The van der Waals surface area contributed by atoms with Gasteiger partial charge in [0, 0.05) is 43.1 Å². The first-order valence-electron chi connectivity index (χ1n) is 8.92. The maximum atomic E-state index is 12.6. The van der Waals surface area contributed by atoms with Crippen LogP contribution in [0.2, 0.25) is 5.02 Å². The van der Waals surface area contributed by atoms with Crippen molar-refractivity contribution in [3.8, 4) is 0 Å². The highest BCUT2D eigenvalue weighted by atomic mass is 35.5. The van der Waals surface area contributed by atoms with Crippen molar-refractivity contribution in [2.24, 2.45) is 0 Å². The van der Waals surface area contributed by atoms with Gasteiger partial charge in [0.1, 0.15) is 6.54 Å². The van der Waals surface area contributed by atoms with E-state index in [0.29, 0.717) is 43.3 Å². The molecule has 1 aromatic carbocycles. The molecule has 0 radical (unpaired) electrons. The Morgan fingerprint density at radius 1 is 1.03 bits per heavy atom. The summed E-state index contributed by atoms with van der Waals surface area (Å²) in [4.78, 5) is 28.0. The van der Waals surface area contributed by atoms with Gasteiger partial charge in [-0.15, -0.1) is 0 Å². The van der Waals surface area contributed by atoms with Crippen LogP contribution >= 0.6 is 11.6 Å². The van der Waals surface area contributed by atoms with E-state index in [1.807, 2.05) is 0 Å². The van der Waals surface area contributed by atoms with Crippen LogP contribution in [0.3, 0.4) is 0 Å². The van der Waals surface area contributed by atoms with E-state index in [1.165, 1.54) is 4.90 Å². The summed E-state index contributed by atoms with van der Waals surface area (Å²) < 4.78 is 38.8. The predicted octanol–water partition coefficient (Wildman–Crippen LogP) is 3.32. The molecule has 0 spiro atoms. The molecule has 0 bridgehead atoms. The van der Waals surface area contributed by atoms with E-state index in [2.05, 4.69) is 10.4 Å². The first kappa shape index (κ1) is 21.0. The molecular weight excluding hydrogens is 411 g/mol. The molecule has 1 fully saturated rings. The van der Waals surface area contributed by atoms with E-state index in [9.17, 15) is 22.8 Å². The molecule has 3 amide bonds. The number of benzene rings is 1. The molecular formula is C18H19ClF3N5O2. The summed E-state index contributed by atoms with van der Waals surface area (Å²) in [6.45, 7) is 1.20. The van der Waals surface area contributed by atoms with Gasteiger partial charge in [-0.3, -0.25) is 9.48 Å². The van der Waals surface area contributed by atoms with Crippen LogP contribution in [0.15, 0.2) is 36.5 Å². The number of rotatable bonds is 3. The zero-order valence-electron chi connectivity index (χ0n) is 15.3. The zero-order valence-corrected chi connectivity index (χ0v) is 16.1. The molecule has 2 heterocycles. The Balaban J connectivity index is 1.53. The lowest BCUT2D eigenvalue weighted by atomic mass is 10.3. The topological polar surface area (TPSA) is 70.5 Å². The van der Waals surface area contributed by atoms with Crippen molar-refractivity contribution in [1.29, 1.82) is 0 Å². The molecule has 156 valence electrons. The smallest absolute Gasteiger partial charge is 0.339 e. The molecule has 1 saturated heterocycles. The van der Waals surface area contributed by atoms with Gasteiger partial charge in [-0.05, 0) is 36.8 Å². The number of alkyl halides is 3. The fourth-order valence-electron chi connectivity index (χ4n) is 2.95. The number of nitrogens with zero attached hydrogens (tertiary/aromatic N) is 4. The van der Waals surface area contributed by atoms with E-state index in [4.69, 9.17) is 11.6 Å². The lowest BCUT2D eigenvalue weighted by Crippen LogP contribution is -2.40. The van der Waals surface area contributed by atoms with Crippen LogP contribution in [-0.2, 0) is 17.5 Å². The molecule has 2 aromatic rings. The summed E-state index contributed by atoms with van der Waals surface area (Å²) in [6.07, 6.45) is -2.86. The lowest BCUT2D eigenvalue weighted by molar-refractivity contribution is -0.142. The first-order chi connectivity index (χ1) is 13.7. The van der Waals surface area contributed by atoms with E-state index in [1.54, 1.807) is 29.2 Å². The number of amides is 3. The number of carbonyl (C=O) groups is 2. The number of halogens is 4. The van der Waals surface area contributed by atoms with Gasteiger partial charge in [0.05, 0.1) is 0 Å². The minimum atomic E-state index is -4.55. The van der Waals surface area contributed by atoms with Gasteiger partial charge in [0.2, 0.25) is 5.91 Å². The Hall–Kier alpha value is -2.75. The number of carbonyl (C=O) groups excluding carboxylic acids is 2. The number of aromatic nitrogens is 2. The van der Waals surface area contributed by atoms with Crippen LogP contribution in [0.5, 0.6) is 0 Å². The molecule has 7 nitrogen and oxygen atoms in total. The summed E-state index contributed by atoms with van der Waals surface area (Å²) in [7, 11) is 0. The third kappa shape index (κ3) is 5.63. The normalized spacial score (nSPS) is 15.2. The van der Waals surface area contributed by atoms with E-state index >= 15 is 0 Å². The highest BCUT2D eigenvalue weighted by molar-refractivity contribution is 6.30. The van der Waals surface area contributed by atoms with Gasteiger partial charge < -0.3 is 15.1 Å². The van der Waals surface area contributed by atoms with Crippen LogP contribution in [0.25, 0.3) is 0 Å². The average molecular weight is 430 g/mol. The zero-order chi connectivity index (χ0) is 21.0. The minimum absolute atomic E-state index is 0.285. The molecule has 1 aliphatic rings. The molecule has 0 atom stereocenters. The third-order valence-electron chi connectivity index (χ3n) is 4.46. The molecule has 29 heavy (non-hydrogen) atoms. The molecule has 1 N–H and O–H groups in total. The molecule has 0 saturated carbocycles. The molecule has 0 aliphatic carbocycles. The van der Waals surface area contributed by atoms with Crippen LogP contribution in [0, 0.1) is 0 Å². The molecule has 1 aromatic heterocycles. The lowest BCUT2D eigenvalue weighted by Gasteiger charge is -2.22. The van der Waals surface area contributed by atoms with Gasteiger partial charge in [-0.2, -0.15) is 18.3 Å². The Labute approximate surface area is 170 Å². The maximum absolute atomic E-state index is 12.6. The third-order valence-corrected chi connectivity index (χ3v) is 4.71. The van der Waals surface area contributed by atoms with Crippen molar-refractivity contribution in [2.45, 2.75) is 19.1 Å². The Morgan fingerprint density at radius 2 is 1.69 bits per heavy atom. The van der Waals surface area contributed by atoms with Crippen molar-refractivity contribution < 1.29 is 22.8 Å². The fraction of sp³-hybridized carbons (Fsp3) is 0.389. The number of nitrogens with one attached hydrogen (secondary N) is 1.